The molecule has 12 nitrogen and oxygen atoms in total. The number of anilines is 4. The number of carbonyl (C=O) groups excluding carboxylic acids is 1. The number of hydrogen-bond donors (Lipinski definition) is 2. The van der Waals surface area contributed by atoms with Crippen LogP contribution < -0.4 is 24.8 Å². The van der Waals surface area contributed by atoms with Gasteiger partial charge >= 0.3 is 5.97 Å². The number of benzene rings is 2. The molecule has 2 N–H and O–H groups in total. The predicted molar refractivity (Wildman–Crippen MR) is 142 cm³/mol. The Morgan fingerprint density at radius 2 is 1.79 bits per heavy atom. The number of nitrogens with zero attached hydrogens (tertiary/aromatic N) is 3. The van der Waals surface area contributed by atoms with Crippen LogP contribution in [0.15, 0.2) is 36.5 Å². The average Bonchev–Trinajstić information content (AvgIpc) is 2.92. The van der Waals surface area contributed by atoms with Gasteiger partial charge in [0.25, 0.3) is 0 Å². The van der Waals surface area contributed by atoms with Gasteiger partial charge in [-0.2, -0.15) is 4.98 Å². The smallest absolute Gasteiger partial charge is 0.306 e. The maximum Gasteiger partial charge on any atom is 0.306 e. The van der Waals surface area contributed by atoms with Crippen molar-refractivity contribution in [3.05, 3.63) is 53.5 Å². The van der Waals surface area contributed by atoms with Gasteiger partial charge in [-0.1, -0.05) is 12.1 Å². The molecule has 1 aromatic heterocycles. The molecule has 0 radical (unpaired) electrons. The normalized spacial score (nSPS) is 11.6. The summed E-state index contributed by atoms with van der Waals surface area (Å²) in [5.74, 6) is -0.136. The van der Waals surface area contributed by atoms with Crippen LogP contribution in [0.2, 0.25) is 0 Å². The molecule has 3 aromatic rings. The summed E-state index contributed by atoms with van der Waals surface area (Å²) < 4.78 is 60.1. The van der Waals surface area contributed by atoms with E-state index in [0.29, 0.717) is 34.2 Å². The minimum absolute atomic E-state index is 0.0641. The Balaban J connectivity index is 1.89. The first-order valence-corrected chi connectivity index (χ1v) is 12.6. The minimum atomic E-state index is -2.62. The highest BCUT2D eigenvalue weighted by Crippen LogP contribution is 2.40. The highest BCUT2D eigenvalue weighted by Gasteiger charge is 2.17. The van der Waals surface area contributed by atoms with Crippen LogP contribution >= 0.6 is 0 Å². The van der Waals surface area contributed by atoms with Crippen molar-refractivity contribution in [2.45, 2.75) is 19.9 Å². The third kappa shape index (κ3) is 7.52. The Labute approximate surface area is 227 Å². The summed E-state index contributed by atoms with van der Waals surface area (Å²) in [4.78, 5) is 19.8. The molecule has 0 aliphatic carbocycles. The van der Waals surface area contributed by atoms with E-state index in [1.165, 1.54) is 28.4 Å². The maximum atomic E-state index is 14.8. The highest BCUT2D eigenvalue weighted by atomic mass is 32.2. The van der Waals surface area contributed by atoms with Gasteiger partial charge in [-0.25, -0.2) is 13.7 Å². The van der Waals surface area contributed by atoms with Gasteiger partial charge < -0.3 is 34.1 Å². The largest absolute Gasteiger partial charge is 0.760 e. The summed E-state index contributed by atoms with van der Waals surface area (Å²) in [6, 6.07) is 8.49. The SMILES string of the molecule is COC(=O)CCN(Cc1c(C)cccc1Nc1nc(Nc2cc(OC)c(OC)c(OC)c2)ncc1F)S(=O)[O-]. The van der Waals surface area contributed by atoms with Gasteiger partial charge in [0.15, 0.2) is 23.1 Å². The molecule has 0 saturated heterocycles. The molecule has 0 spiro atoms. The van der Waals surface area contributed by atoms with Gasteiger partial charge in [0.05, 0.1) is 41.1 Å². The monoisotopic (exact) mass is 562 g/mol. The van der Waals surface area contributed by atoms with E-state index >= 15 is 0 Å². The molecule has 0 fully saturated rings. The molecule has 0 saturated carbocycles. The van der Waals surface area contributed by atoms with Crippen LogP contribution in [-0.2, 0) is 27.3 Å². The summed E-state index contributed by atoms with van der Waals surface area (Å²) in [7, 11) is 5.68. The van der Waals surface area contributed by atoms with Crippen LogP contribution in [0, 0.1) is 12.7 Å². The highest BCUT2D eigenvalue weighted by molar-refractivity contribution is 7.76. The van der Waals surface area contributed by atoms with E-state index in [4.69, 9.17) is 14.2 Å². The molecule has 0 bridgehead atoms. The van der Waals surface area contributed by atoms with Gasteiger partial charge in [0, 0.05) is 47.9 Å². The van der Waals surface area contributed by atoms with Crippen molar-refractivity contribution in [2.24, 2.45) is 0 Å². The maximum absolute atomic E-state index is 14.8. The van der Waals surface area contributed by atoms with Crippen LogP contribution in [0.5, 0.6) is 17.2 Å². The second kappa shape index (κ2) is 13.7. The number of rotatable bonds is 13. The first-order valence-electron chi connectivity index (χ1n) is 11.6. The van der Waals surface area contributed by atoms with Crippen molar-refractivity contribution in [3.63, 3.8) is 0 Å². The molecular formula is C25H29FN5O7S-. The van der Waals surface area contributed by atoms with Gasteiger partial charge in [0.2, 0.25) is 11.7 Å². The van der Waals surface area contributed by atoms with Crippen molar-refractivity contribution in [2.75, 3.05) is 45.6 Å². The summed E-state index contributed by atoms with van der Waals surface area (Å²) >= 11 is -2.62. The Kier molecular flexibility index (Phi) is 10.4. The Morgan fingerprint density at radius 1 is 1.10 bits per heavy atom. The fourth-order valence-electron chi connectivity index (χ4n) is 3.65. The minimum Gasteiger partial charge on any atom is -0.760 e. The summed E-state index contributed by atoms with van der Waals surface area (Å²) in [5, 5.41) is 5.92. The quantitative estimate of drug-likeness (QED) is 0.233. The molecule has 2 aromatic carbocycles. The topological polar surface area (TPSA) is 147 Å². The fraction of sp³-hybridized carbons (Fsp3) is 0.320. The molecule has 0 aliphatic heterocycles. The molecule has 3 rings (SSSR count). The molecular weight excluding hydrogens is 533 g/mol. The van der Waals surface area contributed by atoms with Crippen LogP contribution in [0.3, 0.4) is 0 Å². The first kappa shape index (κ1) is 29.5. The number of aromatic nitrogens is 2. The van der Waals surface area contributed by atoms with Crippen LogP contribution in [0.4, 0.5) is 27.5 Å². The summed E-state index contributed by atoms with van der Waals surface area (Å²) in [6.45, 7) is 1.65. The number of esters is 1. The lowest BCUT2D eigenvalue weighted by atomic mass is 10.1. The molecule has 210 valence electrons. The molecule has 39 heavy (non-hydrogen) atoms. The average molecular weight is 563 g/mol. The van der Waals surface area contributed by atoms with Crippen LogP contribution in [0.1, 0.15) is 17.5 Å². The van der Waals surface area contributed by atoms with Gasteiger partial charge in [0.1, 0.15) is 0 Å². The second-order valence-corrected chi connectivity index (χ2v) is 9.01. The van der Waals surface area contributed by atoms with E-state index in [0.717, 1.165) is 16.1 Å². The predicted octanol–water partition coefficient (Wildman–Crippen LogP) is 3.60. The number of hydrogen-bond acceptors (Lipinski definition) is 11. The lowest BCUT2D eigenvalue weighted by molar-refractivity contribution is -0.140. The summed E-state index contributed by atoms with van der Waals surface area (Å²) in [6.07, 6.45) is 0.885. The van der Waals surface area contributed by atoms with E-state index in [-0.39, 0.29) is 31.3 Å². The van der Waals surface area contributed by atoms with Crippen molar-refractivity contribution >= 4 is 40.4 Å². The summed E-state index contributed by atoms with van der Waals surface area (Å²) in [5.41, 5.74) is 2.25. The number of methoxy groups -OCH3 is 4. The molecule has 1 heterocycles. The Bertz CT molecular complexity index is 1320. The lowest BCUT2D eigenvalue weighted by Gasteiger charge is -2.26. The van der Waals surface area contributed by atoms with Crippen molar-refractivity contribution < 1.29 is 36.9 Å². The van der Waals surface area contributed by atoms with E-state index in [1.807, 2.05) is 0 Å². The molecule has 0 amide bonds. The van der Waals surface area contributed by atoms with Crippen molar-refractivity contribution in [3.8, 4) is 17.2 Å². The zero-order valence-electron chi connectivity index (χ0n) is 22.1. The molecule has 1 unspecified atom stereocenters. The standard InChI is InChI=1S/C25H30FN5O7S/c1-15-7-6-8-19(17(15)14-31(39(33)34)10-9-22(32)37-4)29-24-18(26)13-27-25(30-24)28-16-11-20(35-2)23(38-5)21(12-16)36-3/h6-8,11-13H,9-10,14H2,1-5H3,(H,33,34)(H2,27,28,29,30)/p-1. The molecule has 1 atom stereocenters. The zero-order valence-corrected chi connectivity index (χ0v) is 22.9. The lowest BCUT2D eigenvalue weighted by Crippen LogP contribution is -2.29. The van der Waals surface area contributed by atoms with Gasteiger partial charge in [-0.05, 0) is 24.1 Å². The number of nitrogens with one attached hydrogen (secondary N) is 2. The zero-order chi connectivity index (χ0) is 28.5. The molecule has 14 heteroatoms. The van der Waals surface area contributed by atoms with E-state index in [9.17, 15) is 17.9 Å². The van der Waals surface area contributed by atoms with Crippen LogP contribution in [0.25, 0.3) is 0 Å². The third-order valence-electron chi connectivity index (χ3n) is 5.67. The Morgan fingerprint density at radius 3 is 2.38 bits per heavy atom. The number of ether oxygens (including phenoxy) is 4. The molecule has 0 aliphatic rings. The first-order chi connectivity index (χ1) is 18.7. The van der Waals surface area contributed by atoms with Crippen molar-refractivity contribution in [1.82, 2.24) is 14.3 Å². The number of carbonyl (C=O) groups is 1. The number of halogens is 1. The fourth-order valence-corrected chi connectivity index (χ4v) is 4.13. The van der Waals surface area contributed by atoms with E-state index < -0.39 is 23.1 Å². The van der Waals surface area contributed by atoms with Gasteiger partial charge in [-0.3, -0.25) is 9.00 Å². The van der Waals surface area contributed by atoms with Crippen molar-refractivity contribution in [1.29, 1.82) is 0 Å². The Hall–Kier alpha value is -4.01. The van der Waals surface area contributed by atoms with E-state index in [2.05, 4.69) is 25.3 Å². The third-order valence-corrected chi connectivity index (χ3v) is 6.40. The van der Waals surface area contributed by atoms with E-state index in [1.54, 1.807) is 37.3 Å². The second-order valence-electron chi connectivity index (χ2n) is 8.06. The number of aryl methyl sites for hydroxylation is 1. The van der Waals surface area contributed by atoms with Crippen LogP contribution in [-0.4, -0.2) is 64.0 Å². The van der Waals surface area contributed by atoms with Gasteiger partial charge in [-0.15, -0.1) is 0 Å².